The zero-order valence-electron chi connectivity index (χ0n) is 10.7. The van der Waals surface area contributed by atoms with Crippen LogP contribution in [0.25, 0.3) is 0 Å². The Labute approximate surface area is 111 Å². The molecular weight excluding hydrogens is 242 g/mol. The van der Waals surface area contributed by atoms with Crippen LogP contribution < -0.4 is 11.1 Å². The third kappa shape index (κ3) is 2.16. The number of carbonyl (C=O) groups excluding carboxylic acids is 2. The Balaban J connectivity index is 1.75. The van der Waals surface area contributed by atoms with Gasteiger partial charge in [-0.2, -0.15) is 0 Å². The molecule has 2 amide bonds. The van der Waals surface area contributed by atoms with Gasteiger partial charge in [-0.15, -0.1) is 0 Å². The van der Waals surface area contributed by atoms with Crippen LogP contribution in [0.3, 0.4) is 0 Å². The number of fused-ring (bicyclic) bond motifs is 1. The zero-order chi connectivity index (χ0) is 13.4. The Morgan fingerprint density at radius 3 is 2.95 bits per heavy atom. The molecule has 0 aliphatic carbocycles. The Bertz CT molecular complexity index is 541. The summed E-state index contributed by atoms with van der Waals surface area (Å²) in [4.78, 5) is 25.3. The monoisotopic (exact) mass is 259 g/mol. The summed E-state index contributed by atoms with van der Waals surface area (Å²) >= 11 is 0. The van der Waals surface area contributed by atoms with Gasteiger partial charge in [0.05, 0.1) is 0 Å². The highest BCUT2D eigenvalue weighted by atomic mass is 16.2. The number of anilines is 1. The average molecular weight is 259 g/mol. The van der Waals surface area contributed by atoms with Gasteiger partial charge >= 0.3 is 0 Å². The Kier molecular flexibility index (Phi) is 2.89. The molecule has 2 aliphatic heterocycles. The normalized spacial score (nSPS) is 22.0. The highest BCUT2D eigenvalue weighted by Gasteiger charge is 2.32. The quantitative estimate of drug-likeness (QED) is 0.718. The lowest BCUT2D eigenvalue weighted by Crippen LogP contribution is -2.46. The summed E-state index contributed by atoms with van der Waals surface area (Å²) in [7, 11) is 0. The van der Waals surface area contributed by atoms with Crippen molar-refractivity contribution in [1.29, 1.82) is 0 Å². The second-order valence-corrected chi connectivity index (χ2v) is 5.15. The molecule has 5 heteroatoms. The summed E-state index contributed by atoms with van der Waals surface area (Å²) in [5, 5.41) is 2.73. The van der Waals surface area contributed by atoms with Crippen molar-refractivity contribution in [2.75, 3.05) is 12.3 Å². The first-order chi connectivity index (χ1) is 9.15. The lowest BCUT2D eigenvalue weighted by Gasteiger charge is -2.31. The lowest BCUT2D eigenvalue weighted by atomic mass is 9.97. The standard InChI is InChI=1S/C14H17N3O2/c15-11-3-1-2-9-8-17(7-6-10(9)11)14(19)12-4-5-13(18)16-12/h1-3,12H,4-8,15H2,(H,16,18)/t12-/m1/s1. The fourth-order valence-corrected chi connectivity index (χ4v) is 2.85. The van der Waals surface area contributed by atoms with Crippen molar-refractivity contribution >= 4 is 17.5 Å². The smallest absolute Gasteiger partial charge is 0.245 e. The first-order valence-electron chi connectivity index (χ1n) is 6.59. The first kappa shape index (κ1) is 12.0. The Morgan fingerprint density at radius 2 is 2.21 bits per heavy atom. The SMILES string of the molecule is Nc1cccc2c1CCN(C(=O)[C@H]1CCC(=O)N1)C2. The molecule has 1 fully saturated rings. The molecule has 0 radical (unpaired) electrons. The summed E-state index contributed by atoms with van der Waals surface area (Å²) < 4.78 is 0. The van der Waals surface area contributed by atoms with Crippen LogP contribution in [0, 0.1) is 0 Å². The van der Waals surface area contributed by atoms with E-state index in [4.69, 9.17) is 5.73 Å². The molecule has 100 valence electrons. The van der Waals surface area contributed by atoms with E-state index in [1.165, 1.54) is 0 Å². The van der Waals surface area contributed by atoms with Crippen LogP contribution >= 0.6 is 0 Å². The zero-order valence-corrected chi connectivity index (χ0v) is 10.7. The highest BCUT2D eigenvalue weighted by Crippen LogP contribution is 2.25. The number of hydrogen-bond donors (Lipinski definition) is 2. The summed E-state index contributed by atoms with van der Waals surface area (Å²) in [6, 6.07) is 5.49. The van der Waals surface area contributed by atoms with E-state index in [1.54, 1.807) is 0 Å². The number of hydrogen-bond acceptors (Lipinski definition) is 3. The summed E-state index contributed by atoms with van der Waals surface area (Å²) in [5.74, 6) is -0.000992. The van der Waals surface area contributed by atoms with Crippen molar-refractivity contribution in [3.63, 3.8) is 0 Å². The van der Waals surface area contributed by atoms with Gasteiger partial charge < -0.3 is 16.0 Å². The molecule has 0 bridgehead atoms. The van der Waals surface area contributed by atoms with Crippen molar-refractivity contribution in [3.05, 3.63) is 29.3 Å². The van der Waals surface area contributed by atoms with Crippen LogP contribution in [0.2, 0.25) is 0 Å². The van der Waals surface area contributed by atoms with Crippen LogP contribution in [0.5, 0.6) is 0 Å². The molecule has 1 aromatic rings. The van der Waals surface area contributed by atoms with Gasteiger partial charge in [-0.1, -0.05) is 12.1 Å². The van der Waals surface area contributed by atoms with Gasteiger partial charge in [0.2, 0.25) is 11.8 Å². The van der Waals surface area contributed by atoms with Crippen LogP contribution in [0.1, 0.15) is 24.0 Å². The van der Waals surface area contributed by atoms with Gasteiger partial charge in [-0.25, -0.2) is 0 Å². The summed E-state index contributed by atoms with van der Waals surface area (Å²) in [5.41, 5.74) is 9.02. The molecule has 1 atom stereocenters. The molecule has 3 rings (SSSR count). The molecule has 0 unspecified atom stereocenters. The van der Waals surface area contributed by atoms with Gasteiger partial charge in [0.25, 0.3) is 0 Å². The maximum atomic E-state index is 12.3. The first-order valence-corrected chi connectivity index (χ1v) is 6.59. The van der Waals surface area contributed by atoms with Crippen molar-refractivity contribution < 1.29 is 9.59 Å². The van der Waals surface area contributed by atoms with E-state index < -0.39 is 0 Å². The molecule has 2 aliphatic rings. The van der Waals surface area contributed by atoms with Gasteiger partial charge in [0, 0.05) is 25.2 Å². The maximum absolute atomic E-state index is 12.3. The second kappa shape index (κ2) is 4.57. The summed E-state index contributed by atoms with van der Waals surface area (Å²) in [6.45, 7) is 1.26. The topological polar surface area (TPSA) is 75.4 Å². The average Bonchev–Trinajstić information content (AvgIpc) is 2.84. The largest absolute Gasteiger partial charge is 0.398 e. The van der Waals surface area contributed by atoms with Gasteiger partial charge in [0.15, 0.2) is 0 Å². The third-order valence-electron chi connectivity index (χ3n) is 3.91. The van der Waals surface area contributed by atoms with E-state index >= 15 is 0 Å². The number of nitrogens with one attached hydrogen (secondary N) is 1. The summed E-state index contributed by atoms with van der Waals surface area (Å²) in [6.07, 6.45) is 1.85. The number of rotatable bonds is 1. The lowest BCUT2D eigenvalue weighted by molar-refractivity contribution is -0.135. The number of benzene rings is 1. The number of nitrogens with two attached hydrogens (primary N) is 1. The molecule has 0 saturated carbocycles. The Morgan fingerprint density at radius 1 is 1.37 bits per heavy atom. The van der Waals surface area contributed by atoms with Crippen LogP contribution in [-0.2, 0) is 22.6 Å². The van der Waals surface area contributed by atoms with E-state index in [9.17, 15) is 9.59 Å². The molecule has 1 saturated heterocycles. The molecular formula is C14H17N3O2. The number of amides is 2. The van der Waals surface area contributed by atoms with Crippen LogP contribution in [0.4, 0.5) is 5.69 Å². The van der Waals surface area contributed by atoms with Gasteiger partial charge in [0.1, 0.15) is 6.04 Å². The second-order valence-electron chi connectivity index (χ2n) is 5.15. The molecule has 2 heterocycles. The minimum atomic E-state index is -0.338. The van der Waals surface area contributed by atoms with E-state index in [2.05, 4.69) is 5.32 Å². The van der Waals surface area contributed by atoms with Crippen molar-refractivity contribution in [2.24, 2.45) is 0 Å². The van der Waals surface area contributed by atoms with Crippen molar-refractivity contribution in [2.45, 2.75) is 31.8 Å². The minimum absolute atomic E-state index is 0.0268. The third-order valence-corrected chi connectivity index (χ3v) is 3.91. The van der Waals surface area contributed by atoms with Crippen LogP contribution in [-0.4, -0.2) is 29.3 Å². The van der Waals surface area contributed by atoms with Crippen molar-refractivity contribution in [1.82, 2.24) is 10.2 Å². The van der Waals surface area contributed by atoms with E-state index in [0.29, 0.717) is 25.9 Å². The Hall–Kier alpha value is -2.04. The fraction of sp³-hybridized carbons (Fsp3) is 0.429. The molecule has 0 spiro atoms. The predicted octanol–water partition coefficient (Wildman–Crippen LogP) is 0.432. The molecule has 1 aromatic carbocycles. The minimum Gasteiger partial charge on any atom is -0.398 e. The van der Waals surface area contributed by atoms with Gasteiger partial charge in [-0.3, -0.25) is 9.59 Å². The molecule has 19 heavy (non-hydrogen) atoms. The molecule has 0 aromatic heterocycles. The van der Waals surface area contributed by atoms with E-state index in [-0.39, 0.29) is 17.9 Å². The molecule has 5 nitrogen and oxygen atoms in total. The van der Waals surface area contributed by atoms with Gasteiger partial charge in [-0.05, 0) is 30.0 Å². The highest BCUT2D eigenvalue weighted by molar-refractivity contribution is 5.91. The van der Waals surface area contributed by atoms with E-state index in [0.717, 1.165) is 23.2 Å². The van der Waals surface area contributed by atoms with Crippen LogP contribution in [0.15, 0.2) is 18.2 Å². The number of nitrogen functional groups attached to an aromatic ring is 1. The number of nitrogens with zero attached hydrogens (tertiary/aromatic N) is 1. The maximum Gasteiger partial charge on any atom is 0.245 e. The number of carbonyl (C=O) groups is 2. The predicted molar refractivity (Wildman–Crippen MR) is 71.1 cm³/mol. The van der Waals surface area contributed by atoms with E-state index in [1.807, 2.05) is 23.1 Å². The van der Waals surface area contributed by atoms with Crippen molar-refractivity contribution in [3.8, 4) is 0 Å². The molecule has 3 N–H and O–H groups in total. The fourth-order valence-electron chi connectivity index (χ4n) is 2.85.